The van der Waals surface area contributed by atoms with E-state index in [0.29, 0.717) is 6.04 Å². The molecule has 0 saturated heterocycles. The van der Waals surface area contributed by atoms with Gasteiger partial charge in [0, 0.05) is 19.3 Å². The normalized spacial score (nSPS) is 12.8. The Bertz CT molecular complexity index is 259. The molecule has 98 valence electrons. The van der Waals surface area contributed by atoms with E-state index < -0.39 is 0 Å². The molecular weight excluding hydrogens is 214 g/mol. The van der Waals surface area contributed by atoms with Crippen molar-refractivity contribution in [2.75, 3.05) is 19.8 Å². The molecule has 3 nitrogen and oxygen atoms in total. The van der Waals surface area contributed by atoms with E-state index in [1.54, 1.807) is 6.26 Å². The zero-order valence-corrected chi connectivity index (χ0v) is 11.1. The predicted octanol–water partition coefficient (Wildman–Crippen LogP) is 3.01. The first-order valence-corrected chi connectivity index (χ1v) is 6.69. The summed E-state index contributed by atoms with van der Waals surface area (Å²) >= 11 is 0. The van der Waals surface area contributed by atoms with Crippen LogP contribution in [0.5, 0.6) is 0 Å². The van der Waals surface area contributed by atoms with E-state index in [9.17, 15) is 0 Å². The molecule has 0 fully saturated rings. The van der Waals surface area contributed by atoms with Gasteiger partial charge in [0.05, 0.1) is 12.5 Å². The van der Waals surface area contributed by atoms with E-state index in [4.69, 9.17) is 9.15 Å². The van der Waals surface area contributed by atoms with E-state index >= 15 is 0 Å². The van der Waals surface area contributed by atoms with Gasteiger partial charge in [-0.1, -0.05) is 6.92 Å². The molecule has 3 heteroatoms. The van der Waals surface area contributed by atoms with Crippen molar-refractivity contribution in [2.45, 2.75) is 45.6 Å². The Labute approximate surface area is 105 Å². The summed E-state index contributed by atoms with van der Waals surface area (Å²) in [5, 5.41) is 3.59. The van der Waals surface area contributed by atoms with Gasteiger partial charge >= 0.3 is 0 Å². The molecule has 0 saturated carbocycles. The smallest absolute Gasteiger partial charge is 0.0935 e. The molecule has 0 aliphatic rings. The van der Waals surface area contributed by atoms with Crippen molar-refractivity contribution in [2.24, 2.45) is 0 Å². The maximum absolute atomic E-state index is 5.38. The maximum Gasteiger partial charge on any atom is 0.0935 e. The molecule has 1 aromatic rings. The molecule has 0 radical (unpaired) electrons. The standard InChI is InChI=1S/C14H25NO2/c1-3-8-15-14(6-5-9-16-4-2)11-13-7-10-17-12-13/h7,10,12,14-15H,3-6,8-9,11H2,1-2H3. The topological polar surface area (TPSA) is 34.4 Å². The van der Waals surface area contributed by atoms with Crippen molar-refractivity contribution in [3.63, 3.8) is 0 Å². The molecule has 1 atom stereocenters. The number of rotatable bonds is 10. The molecule has 0 aliphatic carbocycles. The zero-order chi connectivity index (χ0) is 12.3. The van der Waals surface area contributed by atoms with Gasteiger partial charge in [0.15, 0.2) is 0 Å². The fourth-order valence-electron chi connectivity index (χ4n) is 1.89. The Kier molecular flexibility index (Phi) is 7.76. The minimum absolute atomic E-state index is 0.535. The van der Waals surface area contributed by atoms with Crippen LogP contribution in [0.4, 0.5) is 0 Å². The quantitative estimate of drug-likeness (QED) is 0.637. The van der Waals surface area contributed by atoms with E-state index in [1.807, 2.05) is 19.3 Å². The molecule has 1 heterocycles. The van der Waals surface area contributed by atoms with E-state index in [-0.39, 0.29) is 0 Å². The summed E-state index contributed by atoms with van der Waals surface area (Å²) in [6.07, 6.45) is 8.07. The van der Waals surface area contributed by atoms with Gasteiger partial charge < -0.3 is 14.5 Å². The second-order valence-electron chi connectivity index (χ2n) is 4.33. The third-order valence-corrected chi connectivity index (χ3v) is 2.79. The van der Waals surface area contributed by atoms with E-state index in [2.05, 4.69) is 12.2 Å². The molecule has 17 heavy (non-hydrogen) atoms. The Hall–Kier alpha value is -0.800. The Morgan fingerprint density at radius 3 is 2.94 bits per heavy atom. The largest absolute Gasteiger partial charge is 0.472 e. The van der Waals surface area contributed by atoms with E-state index in [0.717, 1.165) is 39.0 Å². The highest BCUT2D eigenvalue weighted by molar-refractivity contribution is 5.07. The molecule has 0 aliphatic heterocycles. The van der Waals surface area contributed by atoms with Crippen molar-refractivity contribution in [3.05, 3.63) is 24.2 Å². The molecule has 0 aromatic carbocycles. The lowest BCUT2D eigenvalue weighted by atomic mass is 10.0. The molecule has 0 amide bonds. The first kappa shape index (κ1) is 14.3. The van der Waals surface area contributed by atoms with Gasteiger partial charge in [0.25, 0.3) is 0 Å². The van der Waals surface area contributed by atoms with Crippen LogP contribution in [0.15, 0.2) is 23.0 Å². The average molecular weight is 239 g/mol. The number of furan rings is 1. The molecule has 1 unspecified atom stereocenters. The third kappa shape index (κ3) is 6.49. The summed E-state index contributed by atoms with van der Waals surface area (Å²) < 4.78 is 10.5. The van der Waals surface area contributed by atoms with Crippen molar-refractivity contribution < 1.29 is 9.15 Å². The summed E-state index contributed by atoms with van der Waals surface area (Å²) in [6, 6.07) is 2.58. The lowest BCUT2D eigenvalue weighted by Gasteiger charge is -2.17. The van der Waals surface area contributed by atoms with Crippen LogP contribution in [0.2, 0.25) is 0 Å². The fourth-order valence-corrected chi connectivity index (χ4v) is 1.89. The molecule has 1 aromatic heterocycles. The lowest BCUT2D eigenvalue weighted by Crippen LogP contribution is -2.32. The monoisotopic (exact) mass is 239 g/mol. The number of hydrogen-bond acceptors (Lipinski definition) is 3. The third-order valence-electron chi connectivity index (χ3n) is 2.79. The number of nitrogens with one attached hydrogen (secondary N) is 1. The first-order chi connectivity index (χ1) is 8.36. The molecule has 1 rings (SSSR count). The minimum Gasteiger partial charge on any atom is -0.472 e. The summed E-state index contributed by atoms with van der Waals surface area (Å²) in [6.45, 7) is 7.00. The highest BCUT2D eigenvalue weighted by Crippen LogP contribution is 2.08. The van der Waals surface area contributed by atoms with Crippen LogP contribution in [-0.4, -0.2) is 25.8 Å². The highest BCUT2D eigenvalue weighted by Gasteiger charge is 2.09. The van der Waals surface area contributed by atoms with Gasteiger partial charge in [0.1, 0.15) is 0 Å². The van der Waals surface area contributed by atoms with Crippen LogP contribution < -0.4 is 5.32 Å². The minimum atomic E-state index is 0.535. The molecule has 1 N–H and O–H groups in total. The maximum atomic E-state index is 5.38. The van der Waals surface area contributed by atoms with Gasteiger partial charge in [-0.25, -0.2) is 0 Å². The second-order valence-corrected chi connectivity index (χ2v) is 4.33. The SMILES string of the molecule is CCCNC(CCCOCC)Cc1ccoc1. The van der Waals surface area contributed by atoms with Gasteiger partial charge in [-0.3, -0.25) is 0 Å². The first-order valence-electron chi connectivity index (χ1n) is 6.69. The zero-order valence-electron chi connectivity index (χ0n) is 11.1. The summed E-state index contributed by atoms with van der Waals surface area (Å²) in [4.78, 5) is 0. The fraction of sp³-hybridized carbons (Fsp3) is 0.714. The molecular formula is C14H25NO2. The van der Waals surface area contributed by atoms with Crippen LogP contribution in [0.25, 0.3) is 0 Å². The summed E-state index contributed by atoms with van der Waals surface area (Å²) in [5.74, 6) is 0. The van der Waals surface area contributed by atoms with Crippen LogP contribution in [0.3, 0.4) is 0 Å². The Morgan fingerprint density at radius 2 is 2.29 bits per heavy atom. The Balaban J connectivity index is 2.26. The van der Waals surface area contributed by atoms with E-state index in [1.165, 1.54) is 12.0 Å². The Morgan fingerprint density at radius 1 is 1.41 bits per heavy atom. The van der Waals surface area contributed by atoms with Crippen molar-refractivity contribution in [1.82, 2.24) is 5.32 Å². The lowest BCUT2D eigenvalue weighted by molar-refractivity contribution is 0.140. The highest BCUT2D eigenvalue weighted by atomic mass is 16.5. The van der Waals surface area contributed by atoms with Gasteiger partial charge in [0.2, 0.25) is 0 Å². The number of hydrogen-bond donors (Lipinski definition) is 1. The average Bonchev–Trinajstić information content (AvgIpc) is 2.84. The van der Waals surface area contributed by atoms with Crippen LogP contribution in [0, 0.1) is 0 Å². The van der Waals surface area contributed by atoms with Crippen LogP contribution in [0.1, 0.15) is 38.7 Å². The van der Waals surface area contributed by atoms with Crippen LogP contribution >= 0.6 is 0 Å². The number of ether oxygens (including phenoxy) is 1. The summed E-state index contributed by atoms with van der Waals surface area (Å²) in [5.41, 5.74) is 1.27. The molecule has 0 bridgehead atoms. The van der Waals surface area contributed by atoms with Crippen LogP contribution in [-0.2, 0) is 11.2 Å². The van der Waals surface area contributed by atoms with Crippen molar-refractivity contribution >= 4 is 0 Å². The van der Waals surface area contributed by atoms with Crippen molar-refractivity contribution in [1.29, 1.82) is 0 Å². The predicted molar refractivity (Wildman–Crippen MR) is 70.2 cm³/mol. The van der Waals surface area contributed by atoms with Gasteiger partial charge in [-0.15, -0.1) is 0 Å². The van der Waals surface area contributed by atoms with Crippen molar-refractivity contribution in [3.8, 4) is 0 Å². The van der Waals surface area contributed by atoms with Gasteiger partial charge in [-0.2, -0.15) is 0 Å². The molecule has 0 spiro atoms. The summed E-state index contributed by atoms with van der Waals surface area (Å²) in [7, 11) is 0. The van der Waals surface area contributed by atoms with Gasteiger partial charge in [-0.05, 0) is 50.8 Å². The second kappa shape index (κ2) is 9.25.